The van der Waals surface area contributed by atoms with Crippen LogP contribution in [0, 0.1) is 5.92 Å². The van der Waals surface area contributed by atoms with Gasteiger partial charge in [-0.2, -0.15) is 0 Å². The highest BCUT2D eigenvalue weighted by molar-refractivity contribution is 5.93. The number of ether oxygens (including phenoxy) is 1. The first-order chi connectivity index (χ1) is 10.3. The fourth-order valence-electron chi connectivity index (χ4n) is 2.55. The summed E-state index contributed by atoms with van der Waals surface area (Å²) in [6.45, 7) is 0.965. The Labute approximate surface area is 122 Å². The maximum atomic E-state index is 12.2. The van der Waals surface area contributed by atoms with E-state index in [2.05, 4.69) is 15.3 Å². The Balaban J connectivity index is 1.66. The summed E-state index contributed by atoms with van der Waals surface area (Å²) < 4.78 is 5.44. The Kier molecular flexibility index (Phi) is 3.98. The molecule has 6 heteroatoms. The summed E-state index contributed by atoms with van der Waals surface area (Å²) >= 11 is 0. The van der Waals surface area contributed by atoms with Crippen molar-refractivity contribution in [1.29, 1.82) is 0 Å². The fraction of sp³-hybridized carbons (Fsp3) is 0.333. The van der Waals surface area contributed by atoms with Gasteiger partial charge in [0.2, 0.25) is 5.91 Å². The molecular weight excluding hydrogens is 268 g/mol. The highest BCUT2D eigenvalue weighted by Crippen LogP contribution is 2.23. The van der Waals surface area contributed by atoms with Crippen LogP contribution in [0.15, 0.2) is 36.7 Å². The monoisotopic (exact) mass is 286 g/mol. The molecule has 21 heavy (non-hydrogen) atoms. The van der Waals surface area contributed by atoms with Crippen molar-refractivity contribution >= 4 is 11.6 Å². The zero-order valence-corrected chi connectivity index (χ0v) is 11.6. The molecule has 0 radical (unpaired) electrons. The number of anilines is 1. The van der Waals surface area contributed by atoms with E-state index in [0.717, 1.165) is 23.5 Å². The average Bonchev–Trinajstić information content (AvgIpc) is 3.19. The van der Waals surface area contributed by atoms with Gasteiger partial charge in [0.25, 0.3) is 0 Å². The number of hydrogen-bond acceptors (Lipinski definition) is 4. The molecule has 6 nitrogen and oxygen atoms in total. The summed E-state index contributed by atoms with van der Waals surface area (Å²) in [4.78, 5) is 19.5. The van der Waals surface area contributed by atoms with Gasteiger partial charge in [0, 0.05) is 36.8 Å². The Morgan fingerprint density at radius 2 is 2.24 bits per heavy atom. The van der Waals surface area contributed by atoms with Crippen molar-refractivity contribution in [1.82, 2.24) is 9.97 Å². The number of nitrogens with one attached hydrogen (secondary N) is 2. The van der Waals surface area contributed by atoms with Crippen molar-refractivity contribution in [2.45, 2.75) is 12.5 Å². The summed E-state index contributed by atoms with van der Waals surface area (Å²) in [7, 11) is 0. The molecule has 1 aromatic carbocycles. The predicted molar refractivity (Wildman–Crippen MR) is 79.6 cm³/mol. The molecule has 110 valence electrons. The van der Waals surface area contributed by atoms with Gasteiger partial charge in [-0.1, -0.05) is 0 Å². The molecule has 0 bridgehead atoms. The van der Waals surface area contributed by atoms with Crippen LogP contribution in [0.5, 0.6) is 0 Å². The predicted octanol–water partition coefficient (Wildman–Crippen LogP) is 1.38. The minimum atomic E-state index is -0.174. The van der Waals surface area contributed by atoms with E-state index in [1.54, 1.807) is 12.4 Å². The molecule has 1 fully saturated rings. The van der Waals surface area contributed by atoms with Crippen molar-refractivity contribution in [2.75, 3.05) is 18.5 Å². The summed E-state index contributed by atoms with van der Waals surface area (Å²) in [6.07, 6.45) is 4.03. The molecule has 3 rings (SSSR count). The molecule has 0 saturated carbocycles. The molecule has 2 unspecified atom stereocenters. The second-order valence-corrected chi connectivity index (χ2v) is 5.04. The maximum Gasteiger partial charge on any atom is 0.230 e. The topological polar surface area (TPSA) is 93.0 Å². The zero-order chi connectivity index (χ0) is 14.7. The standard InChI is InChI=1S/C15H18N4O2/c16-9-13-12(5-8-21-13)15(20)19-11-3-1-10(2-4-11)14-17-6-7-18-14/h1-4,6-7,12-13H,5,8-9,16H2,(H,17,18)(H,19,20). The van der Waals surface area contributed by atoms with Crippen LogP contribution in [0.25, 0.3) is 11.4 Å². The normalized spacial score (nSPS) is 21.4. The number of rotatable bonds is 4. The zero-order valence-electron chi connectivity index (χ0n) is 11.6. The number of benzene rings is 1. The van der Waals surface area contributed by atoms with E-state index in [-0.39, 0.29) is 17.9 Å². The lowest BCUT2D eigenvalue weighted by Crippen LogP contribution is -2.34. The smallest absolute Gasteiger partial charge is 0.230 e. The molecule has 0 spiro atoms. The second kappa shape index (κ2) is 6.07. The fourth-order valence-corrected chi connectivity index (χ4v) is 2.55. The lowest BCUT2D eigenvalue weighted by atomic mass is 10.0. The highest BCUT2D eigenvalue weighted by atomic mass is 16.5. The van der Waals surface area contributed by atoms with Crippen LogP contribution in [0.3, 0.4) is 0 Å². The van der Waals surface area contributed by atoms with Gasteiger partial charge in [-0.25, -0.2) is 4.98 Å². The van der Waals surface area contributed by atoms with E-state index in [1.165, 1.54) is 0 Å². The number of hydrogen-bond donors (Lipinski definition) is 3. The molecule has 1 aliphatic rings. The summed E-state index contributed by atoms with van der Waals surface area (Å²) in [6, 6.07) is 7.56. The quantitative estimate of drug-likeness (QED) is 0.791. The van der Waals surface area contributed by atoms with E-state index in [1.807, 2.05) is 24.3 Å². The molecule has 1 saturated heterocycles. The number of H-pyrrole nitrogens is 1. The minimum Gasteiger partial charge on any atom is -0.376 e. The third-order valence-electron chi connectivity index (χ3n) is 3.70. The van der Waals surface area contributed by atoms with Crippen LogP contribution >= 0.6 is 0 Å². The molecule has 1 aliphatic heterocycles. The van der Waals surface area contributed by atoms with Crippen LogP contribution in [-0.2, 0) is 9.53 Å². The molecule has 2 atom stereocenters. The van der Waals surface area contributed by atoms with Gasteiger partial charge in [-0.3, -0.25) is 4.79 Å². The van der Waals surface area contributed by atoms with Crippen LogP contribution in [-0.4, -0.2) is 35.1 Å². The number of amides is 1. The SMILES string of the molecule is NCC1OCCC1C(=O)Nc1ccc(-c2ncc[nH]2)cc1. The number of carbonyl (C=O) groups is 1. The Morgan fingerprint density at radius 1 is 1.43 bits per heavy atom. The summed E-state index contributed by atoms with van der Waals surface area (Å²) in [5.74, 6) is 0.605. The first kappa shape index (κ1) is 13.8. The third kappa shape index (κ3) is 2.96. The second-order valence-electron chi connectivity index (χ2n) is 5.04. The van der Waals surface area contributed by atoms with Gasteiger partial charge in [-0.05, 0) is 30.7 Å². The molecule has 1 aromatic heterocycles. The number of carbonyl (C=O) groups excluding carboxylic acids is 1. The molecule has 4 N–H and O–H groups in total. The highest BCUT2D eigenvalue weighted by Gasteiger charge is 2.32. The Morgan fingerprint density at radius 3 is 2.90 bits per heavy atom. The van der Waals surface area contributed by atoms with Gasteiger partial charge in [0.15, 0.2) is 0 Å². The van der Waals surface area contributed by atoms with Crippen LogP contribution in [0.4, 0.5) is 5.69 Å². The number of aromatic nitrogens is 2. The molecule has 2 heterocycles. The molecule has 1 amide bonds. The summed E-state index contributed by atoms with van der Waals surface area (Å²) in [5, 5.41) is 2.92. The van der Waals surface area contributed by atoms with Gasteiger partial charge in [0.05, 0.1) is 12.0 Å². The third-order valence-corrected chi connectivity index (χ3v) is 3.70. The molecule has 0 aliphatic carbocycles. The van der Waals surface area contributed by atoms with E-state index in [9.17, 15) is 4.79 Å². The Bertz CT molecular complexity index is 595. The van der Waals surface area contributed by atoms with Gasteiger partial charge in [-0.15, -0.1) is 0 Å². The van der Waals surface area contributed by atoms with Crippen LogP contribution in [0.1, 0.15) is 6.42 Å². The molecule has 2 aromatic rings. The number of nitrogens with two attached hydrogens (primary N) is 1. The lowest BCUT2D eigenvalue weighted by Gasteiger charge is -2.16. The van der Waals surface area contributed by atoms with Gasteiger partial charge < -0.3 is 20.8 Å². The summed E-state index contributed by atoms with van der Waals surface area (Å²) in [5.41, 5.74) is 7.35. The first-order valence-electron chi connectivity index (χ1n) is 7.00. The van der Waals surface area contributed by atoms with Crippen LogP contribution in [0.2, 0.25) is 0 Å². The minimum absolute atomic E-state index is 0.0336. The lowest BCUT2D eigenvalue weighted by molar-refractivity contribution is -0.121. The van der Waals surface area contributed by atoms with E-state index in [0.29, 0.717) is 13.2 Å². The van der Waals surface area contributed by atoms with E-state index in [4.69, 9.17) is 10.5 Å². The number of nitrogens with zero attached hydrogens (tertiary/aromatic N) is 1. The first-order valence-corrected chi connectivity index (χ1v) is 7.00. The van der Waals surface area contributed by atoms with Gasteiger partial charge >= 0.3 is 0 Å². The van der Waals surface area contributed by atoms with Crippen molar-refractivity contribution in [3.63, 3.8) is 0 Å². The van der Waals surface area contributed by atoms with E-state index < -0.39 is 0 Å². The van der Waals surface area contributed by atoms with Crippen molar-refractivity contribution in [2.24, 2.45) is 11.7 Å². The van der Waals surface area contributed by atoms with Crippen molar-refractivity contribution in [3.8, 4) is 11.4 Å². The van der Waals surface area contributed by atoms with Crippen molar-refractivity contribution < 1.29 is 9.53 Å². The number of aromatic amines is 1. The Hall–Kier alpha value is -2.18. The van der Waals surface area contributed by atoms with E-state index >= 15 is 0 Å². The largest absolute Gasteiger partial charge is 0.376 e. The van der Waals surface area contributed by atoms with Crippen LogP contribution < -0.4 is 11.1 Å². The number of imidazole rings is 1. The molecular formula is C15H18N4O2. The van der Waals surface area contributed by atoms with Crippen molar-refractivity contribution in [3.05, 3.63) is 36.7 Å². The maximum absolute atomic E-state index is 12.2. The van der Waals surface area contributed by atoms with Gasteiger partial charge in [0.1, 0.15) is 5.82 Å². The average molecular weight is 286 g/mol.